The number of hydrogen-bond acceptors (Lipinski definition) is 0. The van der Waals surface area contributed by atoms with Gasteiger partial charge in [0.15, 0.2) is 0 Å². The third-order valence-electron chi connectivity index (χ3n) is 0.0445. The molecule has 0 rings (SSSR count). The van der Waals surface area contributed by atoms with Crippen LogP contribution in [0.15, 0.2) is 0 Å². The molecule has 0 N–H and O–H groups in total. The molecule has 0 bridgehead atoms. The first kappa shape index (κ1) is 3.52. The molecule has 0 radical (unpaired) electrons. The van der Waals surface area contributed by atoms with Gasteiger partial charge in [-0.1, -0.05) is 0 Å². The van der Waals surface area contributed by atoms with Crippen LogP contribution in [0.4, 0.5) is 0 Å². The molecule has 0 amide bonds. The third kappa shape index (κ3) is 3.33. The van der Waals surface area contributed by atoms with E-state index in [0.717, 1.165) is 0 Å². The zero-order valence-electron chi connectivity index (χ0n) is 2.90. The van der Waals surface area contributed by atoms with Gasteiger partial charge in [0.25, 0.3) is 0 Å². The fourth-order valence-electron chi connectivity index (χ4n) is 0. The van der Waals surface area contributed by atoms with Gasteiger partial charge in [-0.2, -0.15) is 0 Å². The number of halogens is 1. The van der Waals surface area contributed by atoms with E-state index in [1.807, 2.05) is 0 Å². The van der Waals surface area contributed by atoms with Crippen LogP contribution in [0.1, 0.15) is 0 Å². The minimum absolute atomic E-state index is 0.224. The van der Waals surface area contributed by atoms with Crippen LogP contribution in [-0.2, 0) is 18.0 Å². The fourth-order valence-corrected chi connectivity index (χ4v) is 0. The van der Waals surface area contributed by atoms with Crippen LogP contribution in [0, 0.1) is 0 Å². The normalized spacial score (nSPS) is 18.8. The summed E-state index contributed by atoms with van der Waals surface area (Å²) in [5.74, 6) is 0. The van der Waals surface area contributed by atoms with E-state index in [4.69, 9.17) is 12.7 Å². The van der Waals surface area contributed by atoms with Crippen molar-refractivity contribution in [3.63, 3.8) is 0 Å². The summed E-state index contributed by atoms with van der Waals surface area (Å²) in [6, 6.07) is 0. The van der Waals surface area contributed by atoms with E-state index in [1.54, 1.807) is 0 Å². The molecule has 3 heteroatoms. The second kappa shape index (κ2) is 4.33. The average Bonchev–Trinajstić information content (AvgIpc) is 1.38. The summed E-state index contributed by atoms with van der Waals surface area (Å²) in [7, 11) is -0.224. The maximum absolute atomic E-state index is 6.76. The van der Waals surface area contributed by atoms with Crippen molar-refractivity contribution in [1.82, 2.24) is 0 Å². The van der Waals surface area contributed by atoms with E-state index in [1.165, 1.54) is 18.0 Å². The first-order valence-corrected chi connectivity index (χ1v) is 5.76. The molecule has 26 valence electrons. The van der Waals surface area contributed by atoms with Crippen molar-refractivity contribution < 1.29 is 18.0 Å². The molecule has 0 heterocycles. The van der Waals surface area contributed by atoms with E-state index in [2.05, 4.69) is 0 Å². The van der Waals surface area contributed by atoms with Crippen LogP contribution in [-0.4, -0.2) is 6.34 Å². The summed E-state index contributed by atoms with van der Waals surface area (Å²) < 4.78 is 6.76. The summed E-state index contributed by atoms with van der Waals surface area (Å²) in [4.78, 5) is 0. The summed E-state index contributed by atoms with van der Waals surface area (Å²) in [6.07, 6.45) is 0. The van der Waals surface area contributed by atoms with Gasteiger partial charge in [-0.3, -0.25) is 0 Å². The van der Waals surface area contributed by atoms with Gasteiger partial charge in [0.2, 0.25) is 0 Å². The Balaban J connectivity index is 2.85. The van der Waals surface area contributed by atoms with Crippen molar-refractivity contribution >= 4 is 20.5 Å². The van der Waals surface area contributed by atoms with Crippen molar-refractivity contribution in [2.45, 2.75) is 0 Å². The van der Waals surface area contributed by atoms with Gasteiger partial charge in [-0.05, 0) is 0 Å². The number of thiol groups is 1. The second-order valence-electron chi connectivity index (χ2n) is 0.227. The van der Waals surface area contributed by atoms with Gasteiger partial charge in [0, 0.05) is 0 Å². The molecule has 0 aromatic carbocycles. The first-order valence-electron chi connectivity index (χ1n) is 1.13. The SMILES string of the molecule is [2H][S](=[W])CCl. The Bertz CT molecular complexity index is 46.9. The Hall–Kier alpha value is 1.33. The Labute approximate surface area is 44.9 Å². The van der Waals surface area contributed by atoms with Gasteiger partial charge in [-0.25, -0.2) is 0 Å². The molecule has 0 aromatic rings. The zero-order valence-corrected chi connectivity index (χ0v) is 6.41. The van der Waals surface area contributed by atoms with Crippen molar-refractivity contribution in [2.24, 2.45) is 0 Å². The first-order chi connectivity index (χ1) is 2.27. The second-order valence-corrected chi connectivity index (χ2v) is 3.88. The van der Waals surface area contributed by atoms with Crippen molar-refractivity contribution in [3.05, 3.63) is 0 Å². The van der Waals surface area contributed by atoms with E-state index in [0.29, 0.717) is 5.21 Å². The molecule has 4 heavy (non-hydrogen) atoms. The Morgan fingerprint density at radius 1 is 2.50 bits per heavy atom. The van der Waals surface area contributed by atoms with E-state index >= 15 is 0 Å². The molecule has 0 saturated carbocycles. The van der Waals surface area contributed by atoms with Gasteiger partial charge in [-0.15, -0.1) is 0 Å². The van der Waals surface area contributed by atoms with Crippen LogP contribution < -0.4 is 0 Å². The molecular formula is CH3ClSW. The molecule has 0 aliphatic rings. The molecule has 0 fully saturated rings. The summed E-state index contributed by atoms with van der Waals surface area (Å²) >= 11 is 6.46. The van der Waals surface area contributed by atoms with E-state index in [9.17, 15) is 0 Å². The molecular weight excluding hydrogens is 263 g/mol. The van der Waals surface area contributed by atoms with Crippen molar-refractivity contribution in [3.8, 4) is 0 Å². The van der Waals surface area contributed by atoms with Gasteiger partial charge in [0.1, 0.15) is 0 Å². The summed E-state index contributed by atoms with van der Waals surface area (Å²) in [5, 5.41) is 0.509. The quantitative estimate of drug-likeness (QED) is 0.534. The Morgan fingerprint density at radius 3 is 2.75 bits per heavy atom. The molecule has 0 aliphatic heterocycles. The summed E-state index contributed by atoms with van der Waals surface area (Å²) in [5.41, 5.74) is 0. The molecule has 0 aromatic heterocycles. The predicted octanol–water partition coefficient (Wildman–Crippen LogP) is 1.11. The van der Waals surface area contributed by atoms with Gasteiger partial charge < -0.3 is 0 Å². The van der Waals surface area contributed by atoms with Crippen molar-refractivity contribution in [2.75, 3.05) is 5.21 Å². The maximum atomic E-state index is 6.76. The van der Waals surface area contributed by atoms with Gasteiger partial charge >= 0.3 is 44.8 Å². The summed E-state index contributed by atoms with van der Waals surface area (Å²) in [6.45, 7) is 0. The Kier molecular flexibility index (Phi) is 3.80. The van der Waals surface area contributed by atoms with E-state index < -0.39 is 0 Å². The topological polar surface area (TPSA) is 0 Å². The van der Waals surface area contributed by atoms with Gasteiger partial charge in [0.05, 0.1) is 0 Å². The predicted molar refractivity (Wildman–Crippen MR) is 19.7 cm³/mol. The van der Waals surface area contributed by atoms with E-state index in [-0.39, 0.29) is 8.86 Å². The zero-order chi connectivity index (χ0) is 4.28. The van der Waals surface area contributed by atoms with Crippen molar-refractivity contribution in [1.29, 1.82) is 1.12 Å². The van der Waals surface area contributed by atoms with Crippen LogP contribution in [0.5, 0.6) is 0 Å². The molecule has 1 atom stereocenters. The molecule has 0 saturated heterocycles. The molecule has 0 nitrogen and oxygen atoms in total. The monoisotopic (exact) mass is 267 g/mol. The molecule has 0 aliphatic carbocycles. The van der Waals surface area contributed by atoms with Crippen LogP contribution in [0.2, 0.25) is 0 Å². The molecule has 0 spiro atoms. The minimum atomic E-state index is -0.224. The Morgan fingerprint density at radius 2 is 2.75 bits per heavy atom. The number of alkyl halides is 1. The standard InChI is InChI=1S/CH3ClS.W/c2-1-3;/h3H,1H2;/i/hD. The van der Waals surface area contributed by atoms with Crippen LogP contribution in [0.25, 0.3) is 0 Å². The fraction of sp³-hybridized carbons (Fsp3) is 1.00. The number of rotatable bonds is 1. The third-order valence-corrected chi connectivity index (χ3v) is 3.28. The number of hydrogen-bond donors (Lipinski definition) is 1. The van der Waals surface area contributed by atoms with Crippen LogP contribution >= 0.6 is 20.5 Å². The molecule has 1 unspecified atom stereocenters. The average molecular weight is 267 g/mol. The van der Waals surface area contributed by atoms with Crippen LogP contribution in [0.3, 0.4) is 0 Å².